The third-order valence-electron chi connectivity index (χ3n) is 4.30. The summed E-state index contributed by atoms with van der Waals surface area (Å²) in [4.78, 5) is 0. The van der Waals surface area contributed by atoms with E-state index in [0.717, 1.165) is 13.1 Å². The molecule has 1 saturated heterocycles. The number of morpholine rings is 1. The molecule has 1 aliphatic heterocycles. The van der Waals surface area contributed by atoms with E-state index in [1.54, 1.807) is 0 Å². The Hall–Kier alpha value is -0.0800. The van der Waals surface area contributed by atoms with Crippen LogP contribution in [0.1, 0.15) is 53.4 Å². The van der Waals surface area contributed by atoms with Crippen LogP contribution in [0.4, 0.5) is 0 Å². The van der Waals surface area contributed by atoms with Crippen molar-refractivity contribution >= 4 is 0 Å². The van der Waals surface area contributed by atoms with Crippen molar-refractivity contribution in [1.29, 1.82) is 0 Å². The van der Waals surface area contributed by atoms with Gasteiger partial charge in [0.15, 0.2) is 0 Å². The number of hydrogen-bond donors (Lipinski definition) is 1. The topological polar surface area (TPSA) is 21.3 Å². The molecule has 1 atom stereocenters. The first-order valence-electron chi connectivity index (χ1n) is 6.28. The molecule has 2 fully saturated rings. The highest BCUT2D eigenvalue weighted by Crippen LogP contribution is 2.48. The van der Waals surface area contributed by atoms with Crippen molar-refractivity contribution in [2.24, 2.45) is 5.41 Å². The summed E-state index contributed by atoms with van der Waals surface area (Å²) in [6.45, 7) is 11.1. The highest BCUT2D eigenvalue weighted by molar-refractivity contribution is 5.03. The third-order valence-corrected chi connectivity index (χ3v) is 4.30. The lowest BCUT2D eigenvalue weighted by Gasteiger charge is -2.56. The number of rotatable bonds is 0. The normalized spacial score (nSPS) is 39.2. The molecule has 0 aromatic rings. The Balaban J connectivity index is 2.23. The van der Waals surface area contributed by atoms with Gasteiger partial charge in [-0.25, -0.2) is 0 Å². The zero-order chi connectivity index (χ0) is 11.2. The van der Waals surface area contributed by atoms with Gasteiger partial charge in [0, 0.05) is 13.1 Å². The lowest BCUT2D eigenvalue weighted by atomic mass is 9.64. The van der Waals surface area contributed by atoms with Gasteiger partial charge >= 0.3 is 0 Å². The van der Waals surface area contributed by atoms with E-state index >= 15 is 0 Å². The molecule has 0 bridgehead atoms. The molecule has 1 N–H and O–H groups in total. The minimum absolute atomic E-state index is 0.00708. The summed E-state index contributed by atoms with van der Waals surface area (Å²) >= 11 is 0. The molecule has 2 heteroatoms. The SMILES string of the molecule is CC1(C)CNCC2(CCCCC2(C)C)O1. The molecule has 0 aromatic carbocycles. The maximum atomic E-state index is 6.46. The van der Waals surface area contributed by atoms with Crippen LogP contribution in [0.2, 0.25) is 0 Å². The quantitative estimate of drug-likeness (QED) is 0.665. The van der Waals surface area contributed by atoms with Crippen LogP contribution in [-0.2, 0) is 4.74 Å². The van der Waals surface area contributed by atoms with Crippen LogP contribution < -0.4 is 5.32 Å². The van der Waals surface area contributed by atoms with Crippen LogP contribution in [0.25, 0.3) is 0 Å². The zero-order valence-corrected chi connectivity index (χ0v) is 10.7. The van der Waals surface area contributed by atoms with Crippen molar-refractivity contribution in [3.63, 3.8) is 0 Å². The first-order valence-corrected chi connectivity index (χ1v) is 6.28. The average molecular weight is 211 g/mol. The maximum absolute atomic E-state index is 6.46. The van der Waals surface area contributed by atoms with Gasteiger partial charge in [0.2, 0.25) is 0 Å². The summed E-state index contributed by atoms with van der Waals surface area (Å²) in [6, 6.07) is 0. The first kappa shape index (κ1) is 11.4. The van der Waals surface area contributed by atoms with Gasteiger partial charge in [-0.15, -0.1) is 0 Å². The Labute approximate surface area is 93.8 Å². The fourth-order valence-electron chi connectivity index (χ4n) is 3.23. The lowest BCUT2D eigenvalue weighted by Crippen LogP contribution is -2.64. The molecule has 88 valence electrons. The fourth-order valence-corrected chi connectivity index (χ4v) is 3.23. The Bertz CT molecular complexity index is 243. The Kier molecular flexibility index (Phi) is 2.63. The molecule has 2 aliphatic rings. The highest BCUT2D eigenvalue weighted by Gasteiger charge is 2.51. The standard InChI is InChI=1S/C13H25NO/c1-11(2)7-5-6-8-13(11)10-14-9-12(3,4)15-13/h14H,5-10H2,1-4H3. The van der Waals surface area contributed by atoms with E-state index in [0.29, 0.717) is 5.41 Å². The average Bonchev–Trinajstić information content (AvgIpc) is 2.09. The van der Waals surface area contributed by atoms with Gasteiger partial charge in [-0.1, -0.05) is 26.7 Å². The van der Waals surface area contributed by atoms with E-state index in [-0.39, 0.29) is 11.2 Å². The summed E-state index contributed by atoms with van der Waals surface area (Å²) < 4.78 is 6.46. The van der Waals surface area contributed by atoms with Gasteiger partial charge in [-0.2, -0.15) is 0 Å². The van der Waals surface area contributed by atoms with E-state index in [1.807, 2.05) is 0 Å². The summed E-state index contributed by atoms with van der Waals surface area (Å²) in [5.74, 6) is 0. The van der Waals surface area contributed by atoms with Crippen molar-refractivity contribution < 1.29 is 4.74 Å². The maximum Gasteiger partial charge on any atom is 0.0864 e. The second kappa shape index (κ2) is 3.46. The molecule has 1 saturated carbocycles. The van der Waals surface area contributed by atoms with Gasteiger partial charge in [0.05, 0.1) is 11.2 Å². The molecule has 0 amide bonds. The van der Waals surface area contributed by atoms with Gasteiger partial charge in [-0.05, 0) is 32.1 Å². The van der Waals surface area contributed by atoms with Crippen molar-refractivity contribution in [2.45, 2.75) is 64.6 Å². The molecule has 1 heterocycles. The molecule has 2 nitrogen and oxygen atoms in total. The molecule has 0 aromatic heterocycles. The van der Waals surface area contributed by atoms with Crippen LogP contribution in [0.5, 0.6) is 0 Å². The smallest absolute Gasteiger partial charge is 0.0864 e. The molecule has 1 aliphatic carbocycles. The van der Waals surface area contributed by atoms with E-state index in [2.05, 4.69) is 33.0 Å². The van der Waals surface area contributed by atoms with Crippen LogP contribution in [0, 0.1) is 5.41 Å². The van der Waals surface area contributed by atoms with E-state index in [1.165, 1.54) is 25.7 Å². The lowest BCUT2D eigenvalue weighted by molar-refractivity contribution is -0.224. The fraction of sp³-hybridized carbons (Fsp3) is 1.00. The first-order chi connectivity index (χ1) is 6.87. The highest BCUT2D eigenvalue weighted by atomic mass is 16.5. The van der Waals surface area contributed by atoms with Crippen LogP contribution in [-0.4, -0.2) is 24.3 Å². The summed E-state index contributed by atoms with van der Waals surface area (Å²) in [5.41, 5.74) is 0.385. The minimum Gasteiger partial charge on any atom is -0.366 e. The van der Waals surface area contributed by atoms with Crippen molar-refractivity contribution in [3.8, 4) is 0 Å². The van der Waals surface area contributed by atoms with Crippen LogP contribution in [0.3, 0.4) is 0 Å². The van der Waals surface area contributed by atoms with E-state index in [9.17, 15) is 0 Å². The number of nitrogens with one attached hydrogen (secondary N) is 1. The Morgan fingerprint density at radius 2 is 1.60 bits per heavy atom. The third kappa shape index (κ3) is 1.94. The number of hydrogen-bond acceptors (Lipinski definition) is 2. The predicted molar refractivity (Wildman–Crippen MR) is 63.0 cm³/mol. The summed E-state index contributed by atoms with van der Waals surface area (Å²) in [6.07, 6.45) is 5.20. The van der Waals surface area contributed by atoms with Crippen molar-refractivity contribution in [1.82, 2.24) is 5.32 Å². The largest absolute Gasteiger partial charge is 0.366 e. The molecule has 1 unspecified atom stereocenters. The van der Waals surface area contributed by atoms with Crippen molar-refractivity contribution in [3.05, 3.63) is 0 Å². The molecule has 0 radical (unpaired) electrons. The van der Waals surface area contributed by atoms with Gasteiger partial charge in [-0.3, -0.25) is 0 Å². The predicted octanol–water partition coefficient (Wildman–Crippen LogP) is 2.72. The van der Waals surface area contributed by atoms with Crippen LogP contribution in [0.15, 0.2) is 0 Å². The molecule has 15 heavy (non-hydrogen) atoms. The second-order valence-electron chi connectivity index (χ2n) is 6.55. The van der Waals surface area contributed by atoms with E-state index < -0.39 is 0 Å². The van der Waals surface area contributed by atoms with Crippen LogP contribution >= 0.6 is 0 Å². The zero-order valence-electron chi connectivity index (χ0n) is 10.7. The molecule has 1 spiro atoms. The summed E-state index contributed by atoms with van der Waals surface area (Å²) in [7, 11) is 0. The van der Waals surface area contributed by atoms with Gasteiger partial charge in [0.1, 0.15) is 0 Å². The Morgan fingerprint density at radius 1 is 0.933 bits per heavy atom. The second-order valence-corrected chi connectivity index (χ2v) is 6.55. The van der Waals surface area contributed by atoms with E-state index in [4.69, 9.17) is 4.74 Å². The van der Waals surface area contributed by atoms with Gasteiger partial charge < -0.3 is 10.1 Å². The molecule has 2 rings (SSSR count). The number of ether oxygens (including phenoxy) is 1. The minimum atomic E-state index is -0.00708. The van der Waals surface area contributed by atoms with Crippen molar-refractivity contribution in [2.75, 3.05) is 13.1 Å². The summed E-state index contributed by atoms with van der Waals surface area (Å²) in [5, 5.41) is 3.57. The van der Waals surface area contributed by atoms with Gasteiger partial charge in [0.25, 0.3) is 0 Å². The molecular formula is C13H25NO. The molecular weight excluding hydrogens is 186 g/mol. The Morgan fingerprint density at radius 3 is 2.20 bits per heavy atom. The monoisotopic (exact) mass is 211 g/mol.